The van der Waals surface area contributed by atoms with E-state index in [4.69, 9.17) is 5.11 Å². The van der Waals surface area contributed by atoms with Crippen molar-refractivity contribution in [2.75, 3.05) is 26.2 Å². The van der Waals surface area contributed by atoms with Crippen molar-refractivity contribution in [3.63, 3.8) is 0 Å². The molecule has 13 heavy (non-hydrogen) atoms. The molecule has 0 saturated carbocycles. The number of rotatable bonds is 2. The van der Waals surface area contributed by atoms with E-state index in [2.05, 4.69) is 25.7 Å². The second kappa shape index (κ2) is 4.43. The normalized spacial score (nSPS) is 26.3. The van der Waals surface area contributed by atoms with Gasteiger partial charge >= 0.3 is 0 Å². The molecule has 1 heterocycles. The summed E-state index contributed by atoms with van der Waals surface area (Å²) in [4.78, 5) is 2.49. The molecule has 0 bridgehead atoms. The van der Waals surface area contributed by atoms with Crippen LogP contribution in [0.1, 0.15) is 33.6 Å². The summed E-state index contributed by atoms with van der Waals surface area (Å²) in [5, 5.41) is 9.08. The molecule has 1 rings (SSSR count). The molecule has 2 nitrogen and oxygen atoms in total. The lowest BCUT2D eigenvalue weighted by Crippen LogP contribution is -2.41. The first-order chi connectivity index (χ1) is 6.01. The van der Waals surface area contributed by atoms with Crippen molar-refractivity contribution in [2.24, 2.45) is 11.3 Å². The molecule has 1 fully saturated rings. The van der Waals surface area contributed by atoms with Crippen LogP contribution in [-0.4, -0.2) is 36.2 Å². The van der Waals surface area contributed by atoms with E-state index in [-0.39, 0.29) is 0 Å². The molecule has 1 saturated heterocycles. The van der Waals surface area contributed by atoms with Gasteiger partial charge in [0.05, 0.1) is 0 Å². The van der Waals surface area contributed by atoms with Crippen molar-refractivity contribution in [2.45, 2.75) is 33.6 Å². The first-order valence-corrected chi connectivity index (χ1v) is 5.34. The maximum atomic E-state index is 9.08. The average molecular weight is 185 g/mol. The number of piperidine rings is 1. The predicted octanol–water partition coefficient (Wildman–Crippen LogP) is 1.74. The molecule has 0 aromatic rings. The lowest BCUT2D eigenvalue weighted by molar-refractivity contribution is 0.0943. The molecule has 2 heteroatoms. The lowest BCUT2D eigenvalue weighted by Gasteiger charge is -2.36. The molecule has 1 unspecified atom stereocenters. The monoisotopic (exact) mass is 185 g/mol. The van der Waals surface area contributed by atoms with Crippen molar-refractivity contribution < 1.29 is 5.11 Å². The van der Waals surface area contributed by atoms with Crippen molar-refractivity contribution in [1.82, 2.24) is 4.90 Å². The largest absolute Gasteiger partial charge is 0.396 e. The van der Waals surface area contributed by atoms with Crippen LogP contribution in [0.2, 0.25) is 0 Å². The highest BCUT2D eigenvalue weighted by atomic mass is 16.3. The molecular weight excluding hydrogens is 162 g/mol. The maximum absolute atomic E-state index is 9.08. The van der Waals surface area contributed by atoms with E-state index < -0.39 is 0 Å². The summed E-state index contributed by atoms with van der Waals surface area (Å²) in [7, 11) is 0. The fourth-order valence-electron chi connectivity index (χ4n) is 2.11. The third kappa shape index (κ3) is 4.10. The number of hydrogen-bond donors (Lipinski definition) is 1. The Kier molecular flexibility index (Phi) is 3.74. The van der Waals surface area contributed by atoms with E-state index in [9.17, 15) is 0 Å². The van der Waals surface area contributed by atoms with Crippen LogP contribution in [0.25, 0.3) is 0 Å². The zero-order chi connectivity index (χ0) is 9.90. The van der Waals surface area contributed by atoms with Crippen molar-refractivity contribution >= 4 is 0 Å². The minimum absolute atomic E-state index is 0.362. The number of aliphatic hydroxyl groups is 1. The Morgan fingerprint density at radius 1 is 1.38 bits per heavy atom. The molecule has 1 aliphatic rings. The first kappa shape index (κ1) is 11.0. The van der Waals surface area contributed by atoms with Crippen LogP contribution in [0.15, 0.2) is 0 Å². The van der Waals surface area contributed by atoms with Crippen LogP contribution in [0.4, 0.5) is 0 Å². The van der Waals surface area contributed by atoms with E-state index in [1.165, 1.54) is 19.4 Å². The number of nitrogens with zero attached hydrogens (tertiary/aromatic N) is 1. The second-order valence-electron chi connectivity index (χ2n) is 5.49. The number of hydrogen-bond acceptors (Lipinski definition) is 2. The second-order valence-corrected chi connectivity index (χ2v) is 5.49. The Balaban J connectivity index is 2.34. The molecule has 0 aromatic carbocycles. The highest BCUT2D eigenvalue weighted by Crippen LogP contribution is 2.21. The Bertz CT molecular complexity index is 151. The van der Waals surface area contributed by atoms with E-state index >= 15 is 0 Å². The third-order valence-corrected chi connectivity index (χ3v) is 2.56. The molecule has 0 amide bonds. The maximum Gasteiger partial charge on any atom is 0.0471 e. The quantitative estimate of drug-likeness (QED) is 0.708. The summed E-state index contributed by atoms with van der Waals surface area (Å²) >= 11 is 0. The standard InChI is InChI=1S/C11H23NO/c1-11(2,3)9-12-6-4-5-10(7-12)8-13/h10,13H,4-9H2,1-3H3. The average Bonchev–Trinajstić information content (AvgIpc) is 2.01. The molecule has 0 radical (unpaired) electrons. The van der Waals surface area contributed by atoms with E-state index in [1.807, 2.05) is 0 Å². The summed E-state index contributed by atoms with van der Waals surface area (Å²) in [6.45, 7) is 10.6. The van der Waals surface area contributed by atoms with Crippen LogP contribution in [0.3, 0.4) is 0 Å². The van der Waals surface area contributed by atoms with Gasteiger partial charge in [-0.3, -0.25) is 0 Å². The summed E-state index contributed by atoms with van der Waals surface area (Å²) in [5.41, 5.74) is 0.386. The van der Waals surface area contributed by atoms with Crippen LogP contribution < -0.4 is 0 Å². The molecule has 0 aromatic heterocycles. The lowest BCUT2D eigenvalue weighted by atomic mass is 9.92. The molecule has 0 spiro atoms. The third-order valence-electron chi connectivity index (χ3n) is 2.56. The Morgan fingerprint density at radius 2 is 2.08 bits per heavy atom. The van der Waals surface area contributed by atoms with E-state index in [0.29, 0.717) is 17.9 Å². The van der Waals surface area contributed by atoms with Crippen molar-refractivity contribution in [1.29, 1.82) is 0 Å². The summed E-state index contributed by atoms with van der Waals surface area (Å²) in [6, 6.07) is 0. The molecule has 1 N–H and O–H groups in total. The number of likely N-dealkylation sites (tertiary alicyclic amines) is 1. The molecule has 78 valence electrons. The number of aliphatic hydroxyl groups excluding tert-OH is 1. The Hall–Kier alpha value is -0.0800. The molecule has 0 aliphatic carbocycles. The fourth-order valence-corrected chi connectivity index (χ4v) is 2.11. The van der Waals surface area contributed by atoms with Gasteiger partial charge < -0.3 is 10.0 Å². The van der Waals surface area contributed by atoms with Crippen LogP contribution >= 0.6 is 0 Å². The fraction of sp³-hybridized carbons (Fsp3) is 1.00. The van der Waals surface area contributed by atoms with Gasteiger partial charge in [0.2, 0.25) is 0 Å². The minimum atomic E-state index is 0.362. The van der Waals surface area contributed by atoms with Gasteiger partial charge in [-0.2, -0.15) is 0 Å². The minimum Gasteiger partial charge on any atom is -0.396 e. The van der Waals surface area contributed by atoms with Gasteiger partial charge in [-0.1, -0.05) is 20.8 Å². The Labute approximate surface area is 81.9 Å². The van der Waals surface area contributed by atoms with Gasteiger partial charge in [-0.15, -0.1) is 0 Å². The molecule has 1 atom stereocenters. The molecular formula is C11H23NO. The van der Waals surface area contributed by atoms with Gasteiger partial charge in [0.25, 0.3) is 0 Å². The van der Waals surface area contributed by atoms with Gasteiger partial charge in [0, 0.05) is 19.7 Å². The van der Waals surface area contributed by atoms with Gasteiger partial charge in [-0.25, -0.2) is 0 Å². The van der Waals surface area contributed by atoms with E-state index in [1.54, 1.807) is 0 Å². The molecule has 1 aliphatic heterocycles. The van der Waals surface area contributed by atoms with Gasteiger partial charge in [0.1, 0.15) is 0 Å². The van der Waals surface area contributed by atoms with E-state index in [0.717, 1.165) is 13.1 Å². The highest BCUT2D eigenvalue weighted by molar-refractivity contribution is 4.76. The summed E-state index contributed by atoms with van der Waals surface area (Å²) in [6.07, 6.45) is 2.46. The topological polar surface area (TPSA) is 23.5 Å². The zero-order valence-corrected chi connectivity index (χ0v) is 9.21. The zero-order valence-electron chi connectivity index (χ0n) is 9.21. The van der Waals surface area contributed by atoms with Gasteiger partial charge in [-0.05, 0) is 30.7 Å². The summed E-state index contributed by atoms with van der Waals surface area (Å²) < 4.78 is 0. The van der Waals surface area contributed by atoms with Crippen molar-refractivity contribution in [3.05, 3.63) is 0 Å². The highest BCUT2D eigenvalue weighted by Gasteiger charge is 2.22. The smallest absolute Gasteiger partial charge is 0.0471 e. The van der Waals surface area contributed by atoms with Crippen LogP contribution in [0, 0.1) is 11.3 Å². The van der Waals surface area contributed by atoms with Crippen LogP contribution in [0.5, 0.6) is 0 Å². The Morgan fingerprint density at radius 3 is 2.62 bits per heavy atom. The van der Waals surface area contributed by atoms with Crippen molar-refractivity contribution in [3.8, 4) is 0 Å². The first-order valence-electron chi connectivity index (χ1n) is 5.34. The predicted molar refractivity (Wildman–Crippen MR) is 55.7 cm³/mol. The van der Waals surface area contributed by atoms with Gasteiger partial charge in [0.15, 0.2) is 0 Å². The summed E-state index contributed by atoms with van der Waals surface area (Å²) in [5.74, 6) is 0.524. The van der Waals surface area contributed by atoms with Crippen LogP contribution in [-0.2, 0) is 0 Å². The SMILES string of the molecule is CC(C)(C)CN1CCCC(CO)C1.